The van der Waals surface area contributed by atoms with Gasteiger partial charge in [0.25, 0.3) is 0 Å². The number of halogens is 6. The number of ether oxygens (including phenoxy) is 2. The number of rotatable bonds is 4. The molecule has 3 fully saturated rings. The zero-order valence-corrected chi connectivity index (χ0v) is 29.9. The number of likely N-dealkylation sites (tertiary alicyclic amines) is 1. The van der Waals surface area contributed by atoms with Crippen molar-refractivity contribution in [3.63, 3.8) is 0 Å². The Hall–Kier alpha value is -4.56. The van der Waals surface area contributed by atoms with E-state index in [1.165, 1.54) is 27.1 Å². The SMILES string of the molecule is CCNc1nc(OC)nc2c(F)c(-c3ccc(F)c4sc(N)c(C#N)c34)c(C(F)(F)F)cc12.COC(=O)N1CCCC1C.FC1CC2CCCN2C1. The van der Waals surface area contributed by atoms with E-state index in [-0.39, 0.29) is 56.1 Å². The van der Waals surface area contributed by atoms with Crippen LogP contribution in [-0.2, 0) is 10.9 Å². The lowest BCUT2D eigenvalue weighted by Gasteiger charge is -2.18. The lowest BCUT2D eigenvalue weighted by molar-refractivity contribution is -0.137. The molecule has 2 aromatic heterocycles. The number of thiophene rings is 1. The van der Waals surface area contributed by atoms with Gasteiger partial charge in [-0.05, 0) is 70.2 Å². The molecule has 3 N–H and O–H groups in total. The van der Waals surface area contributed by atoms with Gasteiger partial charge in [0.2, 0.25) is 0 Å². The average molecular weight is 752 g/mol. The number of carbonyl (C=O) groups excluding carboxylic acids is 1. The van der Waals surface area contributed by atoms with Crippen molar-refractivity contribution in [2.45, 2.75) is 70.4 Å². The second-order valence-electron chi connectivity index (χ2n) is 12.6. The Morgan fingerprint density at radius 2 is 1.90 bits per heavy atom. The first-order valence-corrected chi connectivity index (χ1v) is 17.6. The fourth-order valence-corrected chi connectivity index (χ4v) is 7.89. The van der Waals surface area contributed by atoms with E-state index in [1.807, 2.05) is 6.92 Å². The second-order valence-corrected chi connectivity index (χ2v) is 13.7. The summed E-state index contributed by atoms with van der Waals surface area (Å²) in [6.07, 6.45) is -0.160. The van der Waals surface area contributed by atoms with Crippen LogP contribution in [0.4, 0.5) is 42.0 Å². The Morgan fingerprint density at radius 1 is 1.17 bits per heavy atom. The average Bonchev–Trinajstić information content (AvgIpc) is 3.89. The zero-order valence-electron chi connectivity index (χ0n) is 29.0. The normalized spacial score (nSPS) is 19.8. The highest BCUT2D eigenvalue weighted by Gasteiger charge is 2.38. The van der Waals surface area contributed by atoms with E-state index in [2.05, 4.69) is 24.9 Å². The van der Waals surface area contributed by atoms with Crippen molar-refractivity contribution in [2.24, 2.45) is 0 Å². The van der Waals surface area contributed by atoms with E-state index < -0.39 is 40.6 Å². The highest BCUT2D eigenvalue weighted by molar-refractivity contribution is 7.23. The first-order chi connectivity index (χ1) is 24.7. The molecule has 10 nitrogen and oxygen atoms in total. The van der Waals surface area contributed by atoms with Gasteiger partial charge in [-0.3, -0.25) is 4.90 Å². The zero-order chi connectivity index (χ0) is 37.9. The van der Waals surface area contributed by atoms with Crippen LogP contribution >= 0.6 is 11.3 Å². The minimum Gasteiger partial charge on any atom is -0.467 e. The van der Waals surface area contributed by atoms with Gasteiger partial charge in [0.15, 0.2) is 5.82 Å². The number of hydrogen-bond acceptors (Lipinski definition) is 10. The molecule has 0 radical (unpaired) electrons. The number of alkyl halides is 4. The molecule has 3 saturated heterocycles. The number of fused-ring (bicyclic) bond motifs is 3. The maximum absolute atomic E-state index is 15.9. The number of aromatic nitrogens is 2. The number of benzene rings is 2. The first-order valence-electron chi connectivity index (χ1n) is 16.8. The maximum Gasteiger partial charge on any atom is 0.417 e. The van der Waals surface area contributed by atoms with Crippen LogP contribution in [0.2, 0.25) is 0 Å². The van der Waals surface area contributed by atoms with Gasteiger partial charge >= 0.3 is 18.3 Å². The van der Waals surface area contributed by atoms with Crippen LogP contribution in [0.1, 0.15) is 57.1 Å². The maximum atomic E-state index is 15.9. The molecular formula is C35H39F6N7O3S. The minimum atomic E-state index is -5.00. The topological polar surface area (TPSA) is 130 Å². The molecule has 4 aromatic rings. The molecular weight excluding hydrogens is 712 g/mol. The summed E-state index contributed by atoms with van der Waals surface area (Å²) < 4.78 is 94.8. The number of carbonyl (C=O) groups is 1. The number of methoxy groups -OCH3 is 2. The van der Waals surface area contributed by atoms with Crippen LogP contribution in [0, 0.1) is 23.0 Å². The minimum absolute atomic E-state index is 0.0444. The largest absolute Gasteiger partial charge is 0.467 e. The van der Waals surface area contributed by atoms with Crippen LogP contribution in [0.5, 0.6) is 6.01 Å². The highest BCUT2D eigenvalue weighted by atomic mass is 32.1. The second kappa shape index (κ2) is 16.0. The predicted molar refractivity (Wildman–Crippen MR) is 187 cm³/mol. The Bertz CT molecular complexity index is 1970. The number of nitrogen functional groups attached to an aromatic ring is 1. The third-order valence-corrected chi connectivity index (χ3v) is 10.4. The van der Waals surface area contributed by atoms with Gasteiger partial charge in [0.1, 0.15) is 34.4 Å². The van der Waals surface area contributed by atoms with Gasteiger partial charge in [-0.2, -0.15) is 28.4 Å². The van der Waals surface area contributed by atoms with Gasteiger partial charge < -0.3 is 25.4 Å². The van der Waals surface area contributed by atoms with Gasteiger partial charge in [0.05, 0.1) is 30.0 Å². The van der Waals surface area contributed by atoms with Crippen molar-refractivity contribution in [3.8, 4) is 23.2 Å². The van der Waals surface area contributed by atoms with E-state index >= 15 is 4.39 Å². The monoisotopic (exact) mass is 751 g/mol. The molecule has 2 aromatic carbocycles. The summed E-state index contributed by atoms with van der Waals surface area (Å²) in [7, 11) is 2.66. The lowest BCUT2D eigenvalue weighted by Crippen LogP contribution is -2.33. The standard InChI is InChI=1S/C21H14F5N5OS.C7H12FN.C7H13NO2/c1-3-29-19-9-6-11(21(24,25)26)14(15(23)16(9)30-20(31-19)32-2)8-4-5-12(22)17-13(8)10(7-27)18(28)33-17;8-6-4-7-2-1-3-9(7)5-6;1-6-4-3-5-8(6)7(9)10-2/h4-6H,3,28H2,1-2H3,(H,29,30,31);6-7H,1-5H2;6H,3-5H2,1-2H3. The smallest absolute Gasteiger partial charge is 0.417 e. The van der Waals surface area contributed by atoms with Gasteiger partial charge in [-0.1, -0.05) is 6.07 Å². The quantitative estimate of drug-likeness (QED) is 0.199. The van der Waals surface area contributed by atoms with Crippen molar-refractivity contribution < 1.29 is 40.6 Å². The highest BCUT2D eigenvalue weighted by Crippen LogP contribution is 2.47. The summed E-state index contributed by atoms with van der Waals surface area (Å²) in [5.41, 5.74) is 2.59. The Balaban J connectivity index is 0.000000221. The Morgan fingerprint density at radius 3 is 2.50 bits per heavy atom. The van der Waals surface area contributed by atoms with Gasteiger partial charge in [-0.15, -0.1) is 11.3 Å². The summed E-state index contributed by atoms with van der Waals surface area (Å²) in [6.45, 7) is 6.74. The molecule has 5 heterocycles. The Kier molecular flexibility index (Phi) is 11.9. The summed E-state index contributed by atoms with van der Waals surface area (Å²) in [4.78, 5) is 22.9. The molecule has 0 spiro atoms. The molecule has 17 heteroatoms. The van der Waals surface area contributed by atoms with Crippen LogP contribution < -0.4 is 15.8 Å². The third-order valence-electron chi connectivity index (χ3n) is 9.36. The summed E-state index contributed by atoms with van der Waals surface area (Å²) >= 11 is 0.698. The van der Waals surface area contributed by atoms with Crippen LogP contribution in [-0.4, -0.2) is 84.5 Å². The van der Waals surface area contributed by atoms with E-state index in [1.54, 1.807) is 17.9 Å². The predicted octanol–water partition coefficient (Wildman–Crippen LogP) is 8.13. The molecule has 7 rings (SSSR count). The van der Waals surface area contributed by atoms with Crippen LogP contribution in [0.25, 0.3) is 32.1 Å². The van der Waals surface area contributed by atoms with Gasteiger partial charge in [-0.25, -0.2) is 18.0 Å². The lowest BCUT2D eigenvalue weighted by atomic mass is 9.92. The molecule has 280 valence electrons. The van der Waals surface area contributed by atoms with Crippen molar-refractivity contribution in [3.05, 3.63) is 41.0 Å². The van der Waals surface area contributed by atoms with E-state index in [0.717, 1.165) is 50.6 Å². The van der Waals surface area contributed by atoms with Crippen molar-refractivity contribution in [1.82, 2.24) is 19.8 Å². The number of nitriles is 1. The van der Waals surface area contributed by atoms with E-state index in [9.17, 15) is 32.0 Å². The number of nitrogens with two attached hydrogens (primary N) is 1. The number of anilines is 2. The van der Waals surface area contributed by atoms with E-state index in [4.69, 9.17) is 10.5 Å². The van der Waals surface area contributed by atoms with Gasteiger partial charge in [0, 0.05) is 48.1 Å². The molecule has 52 heavy (non-hydrogen) atoms. The number of nitrogens with zero attached hydrogens (tertiary/aromatic N) is 5. The summed E-state index contributed by atoms with van der Waals surface area (Å²) in [6, 6.07) is 5.12. The summed E-state index contributed by atoms with van der Waals surface area (Å²) in [5, 5.41) is 11.8. The third kappa shape index (κ3) is 7.77. The molecule has 0 saturated carbocycles. The molecule has 3 aliphatic rings. The number of nitrogens with one attached hydrogen (secondary N) is 1. The van der Waals surface area contributed by atoms with Crippen LogP contribution in [0.3, 0.4) is 0 Å². The van der Waals surface area contributed by atoms with Crippen molar-refractivity contribution in [2.75, 3.05) is 51.4 Å². The molecule has 1 amide bonds. The van der Waals surface area contributed by atoms with E-state index in [0.29, 0.717) is 30.0 Å². The molecule has 0 aliphatic carbocycles. The summed E-state index contributed by atoms with van der Waals surface area (Å²) in [5.74, 6) is -2.15. The molecule has 3 unspecified atom stereocenters. The Labute approximate surface area is 300 Å². The fourth-order valence-electron chi connectivity index (χ4n) is 6.94. The fraction of sp³-hybridized carbons (Fsp3) is 0.486. The molecule has 3 atom stereocenters. The number of amides is 1. The van der Waals surface area contributed by atoms with Crippen molar-refractivity contribution in [1.29, 1.82) is 5.26 Å². The van der Waals surface area contributed by atoms with Crippen LogP contribution in [0.15, 0.2) is 18.2 Å². The molecule has 3 aliphatic heterocycles. The first kappa shape index (κ1) is 38.7. The van der Waals surface area contributed by atoms with Crippen molar-refractivity contribution >= 4 is 49.2 Å². The molecule has 0 bridgehead atoms. The number of hydrogen-bond donors (Lipinski definition) is 2.